The van der Waals surface area contributed by atoms with Crippen LogP contribution in [0.1, 0.15) is 26.3 Å². The molecule has 6 nitrogen and oxygen atoms in total. The van der Waals surface area contributed by atoms with Crippen LogP contribution in [-0.2, 0) is 0 Å². The molecule has 0 radical (unpaired) electrons. The second kappa shape index (κ2) is 9.82. The number of hydrogen-bond acceptors (Lipinski definition) is 6. The Kier molecular flexibility index (Phi) is 7.45. The van der Waals surface area contributed by atoms with Gasteiger partial charge >= 0.3 is 0 Å². The molecule has 0 bridgehead atoms. The Morgan fingerprint density at radius 1 is 1.08 bits per heavy atom. The van der Waals surface area contributed by atoms with Gasteiger partial charge in [-0.3, -0.25) is 0 Å². The van der Waals surface area contributed by atoms with Gasteiger partial charge < -0.3 is 29.6 Å². The molecule has 0 aliphatic rings. The standard InChI is InChI=1S/C16H13O6.CH6BP/c1-9-2-10(7-14(3-9)22-8-17)11-4-12(15(18)19)6-13(5-11)16(20)21;1-2-3/h2-7H,8H2,1H3,(H,18,19)(H,20,21);2H,3H2,1H3/q-1;/p-2/i;2T. The number of carboxylic acids is 2. The number of benzene rings is 2. The van der Waals surface area contributed by atoms with Gasteiger partial charge in [-0.2, -0.15) is 9.12 Å². The van der Waals surface area contributed by atoms with Crippen LogP contribution in [-0.4, -0.2) is 27.0 Å². The summed E-state index contributed by atoms with van der Waals surface area (Å²) in [6.07, 6.45) is 0. The van der Waals surface area contributed by atoms with E-state index in [-0.39, 0.29) is 18.1 Å². The van der Waals surface area contributed by atoms with Crippen molar-refractivity contribution in [3.63, 3.8) is 0 Å². The summed E-state index contributed by atoms with van der Waals surface area (Å²) in [7, 11) is 2.32. The van der Waals surface area contributed by atoms with Crippen molar-refractivity contribution in [3.05, 3.63) is 53.1 Å². The Morgan fingerprint density at radius 2 is 1.56 bits per heavy atom. The molecule has 0 aliphatic heterocycles. The zero-order chi connectivity index (χ0) is 19.9. The largest absolute Gasteiger partial charge is 0.824 e. The summed E-state index contributed by atoms with van der Waals surface area (Å²) in [5.74, 6) is -2.67. The van der Waals surface area contributed by atoms with E-state index in [2.05, 4.69) is 9.12 Å². The van der Waals surface area contributed by atoms with Crippen LogP contribution in [0.25, 0.3) is 11.1 Å². The lowest BCUT2D eigenvalue weighted by Gasteiger charge is -2.14. The average molecular weight is 361 g/mol. The van der Waals surface area contributed by atoms with E-state index >= 15 is 0 Å². The first-order valence-electron chi connectivity index (χ1n) is 7.80. The van der Waals surface area contributed by atoms with Crippen LogP contribution in [0.2, 0.25) is 6.82 Å². The first-order valence-corrected chi connectivity index (χ1v) is 7.89. The van der Waals surface area contributed by atoms with Crippen molar-refractivity contribution in [2.24, 2.45) is 0 Å². The molecule has 0 saturated carbocycles. The van der Waals surface area contributed by atoms with E-state index < -0.39 is 18.7 Å². The normalized spacial score (nSPS) is 10.2. The van der Waals surface area contributed by atoms with Crippen LogP contribution in [0.3, 0.4) is 0 Å². The summed E-state index contributed by atoms with van der Waals surface area (Å²) in [6, 6.07) is 8.43. The van der Waals surface area contributed by atoms with Crippen molar-refractivity contribution in [1.82, 2.24) is 0 Å². The Hall–Kier alpha value is -2.37. The summed E-state index contributed by atoms with van der Waals surface area (Å²) in [4.78, 5) is 22.0. The maximum absolute atomic E-state index is 11.0. The molecule has 0 spiro atoms. The lowest BCUT2D eigenvalue weighted by Crippen LogP contribution is -2.25. The topological polar surface area (TPSA) is 113 Å². The molecule has 25 heavy (non-hydrogen) atoms. The van der Waals surface area contributed by atoms with Gasteiger partial charge in [0.1, 0.15) is 12.7 Å². The van der Waals surface area contributed by atoms with Crippen LogP contribution in [0.5, 0.6) is 5.75 Å². The third-order valence-electron chi connectivity index (χ3n) is 3.01. The zero-order valence-electron chi connectivity index (χ0n) is 14.8. The van der Waals surface area contributed by atoms with E-state index in [0.717, 1.165) is 11.6 Å². The number of aryl methyl sites for hydroxylation is 1. The fourth-order valence-electron chi connectivity index (χ4n) is 2.10. The first kappa shape index (κ1) is 19.0. The molecular formula is C17H17BO6P-3. The SMILES string of the molecule is Cc1cc(OC[O-])cc(-c2cc(C(=O)[O-])cc(C(=O)[O-])c2)c1.[3H]B(C)P. The predicted molar refractivity (Wildman–Crippen MR) is 93.5 cm³/mol. The molecule has 0 aliphatic carbocycles. The van der Waals surface area contributed by atoms with E-state index in [9.17, 15) is 24.9 Å². The molecule has 0 fully saturated rings. The van der Waals surface area contributed by atoms with Crippen LogP contribution in [0, 0.1) is 6.92 Å². The minimum absolute atomic E-state index is 0.000000000000000222. The molecule has 1 atom stereocenters. The number of carboxylic acid groups (broad SMARTS) is 2. The molecule has 8 heteroatoms. The van der Waals surface area contributed by atoms with Gasteiger partial charge in [-0.25, -0.2) is 0 Å². The molecule has 2 aromatic carbocycles. The van der Waals surface area contributed by atoms with Gasteiger partial charge in [-0.15, -0.1) is 0 Å². The van der Waals surface area contributed by atoms with Crippen molar-refractivity contribution >= 4 is 28.0 Å². The van der Waals surface area contributed by atoms with Gasteiger partial charge in [0, 0.05) is 6.79 Å². The Bertz CT molecular complexity index is 762. The molecule has 1 unspecified atom stereocenters. The van der Waals surface area contributed by atoms with Crippen molar-refractivity contribution in [2.75, 3.05) is 6.79 Å². The van der Waals surface area contributed by atoms with Crippen molar-refractivity contribution in [2.45, 2.75) is 13.7 Å². The molecule has 132 valence electrons. The number of hydrogen-bond donors (Lipinski definition) is 0. The van der Waals surface area contributed by atoms with Crippen LogP contribution in [0.4, 0.5) is 0 Å². The predicted octanol–water partition coefficient (Wildman–Crippen LogP) is -0.653. The summed E-state index contributed by atoms with van der Waals surface area (Å²) in [5.41, 5.74) is 1.10. The molecular weight excluding hydrogens is 342 g/mol. The second-order valence-electron chi connectivity index (χ2n) is 5.00. The van der Waals surface area contributed by atoms with Gasteiger partial charge in [-0.1, -0.05) is 12.9 Å². The van der Waals surface area contributed by atoms with Crippen molar-refractivity contribution in [3.8, 4) is 16.9 Å². The molecule has 2 rings (SSSR count). The quantitative estimate of drug-likeness (QED) is 0.397. The van der Waals surface area contributed by atoms with Crippen LogP contribution >= 0.6 is 9.12 Å². The van der Waals surface area contributed by atoms with E-state index in [0.29, 0.717) is 16.9 Å². The van der Waals surface area contributed by atoms with Gasteiger partial charge in [-0.05, 0) is 66.4 Å². The highest BCUT2D eigenvalue weighted by atomic mass is 31.0. The highest BCUT2D eigenvalue weighted by molar-refractivity contribution is 7.55. The highest BCUT2D eigenvalue weighted by Crippen LogP contribution is 2.27. The highest BCUT2D eigenvalue weighted by Gasteiger charge is 2.07. The number of rotatable bonds is 5. The Morgan fingerprint density at radius 3 is 2.00 bits per heavy atom. The first-order chi connectivity index (χ1) is 12.1. The van der Waals surface area contributed by atoms with E-state index in [1.807, 2.05) is 0 Å². The van der Waals surface area contributed by atoms with Crippen molar-refractivity contribution in [1.29, 1.82) is 1.34 Å². The van der Waals surface area contributed by atoms with E-state index in [1.54, 1.807) is 25.9 Å². The van der Waals surface area contributed by atoms with Gasteiger partial charge in [0.2, 0.25) is 0 Å². The maximum atomic E-state index is 11.0. The average Bonchev–Trinajstić information content (AvgIpc) is 2.53. The smallest absolute Gasteiger partial charge is 0.141 e. The van der Waals surface area contributed by atoms with Crippen molar-refractivity contribution < 1.29 is 29.6 Å². The fraction of sp³-hybridized carbons (Fsp3) is 0.176. The third kappa shape index (κ3) is 6.21. The molecule has 0 N–H and O–H groups in total. The summed E-state index contributed by atoms with van der Waals surface area (Å²) in [6.45, 7) is 2.81. The van der Waals surface area contributed by atoms with Gasteiger partial charge in [0.25, 0.3) is 0 Å². The van der Waals surface area contributed by atoms with E-state index in [1.165, 1.54) is 18.2 Å². The number of aromatic carboxylic acids is 2. The fourth-order valence-corrected chi connectivity index (χ4v) is 2.10. The summed E-state index contributed by atoms with van der Waals surface area (Å²) >= 11 is 0. The monoisotopic (exact) mass is 361 g/mol. The second-order valence-corrected chi connectivity index (χ2v) is 5.67. The Balaban J connectivity index is 0.000000765. The van der Waals surface area contributed by atoms with Gasteiger partial charge in [0.05, 0.1) is 11.9 Å². The molecule has 0 saturated heterocycles. The van der Waals surface area contributed by atoms with Crippen LogP contribution < -0.4 is 20.1 Å². The third-order valence-corrected chi connectivity index (χ3v) is 3.01. The minimum Gasteiger partial charge on any atom is -0.824 e. The van der Waals surface area contributed by atoms with E-state index in [4.69, 9.17) is 6.07 Å². The lowest BCUT2D eigenvalue weighted by atomic mass is 9.98. The van der Waals surface area contributed by atoms with Gasteiger partial charge in [0.15, 0.2) is 0 Å². The molecule has 0 amide bonds. The lowest BCUT2D eigenvalue weighted by molar-refractivity contribution is -0.413. The zero-order valence-corrected chi connectivity index (χ0v) is 14.9. The number of carbonyl (C=O) groups excluding carboxylic acids is 2. The summed E-state index contributed by atoms with van der Waals surface area (Å²) < 4.78 is 11.4. The summed E-state index contributed by atoms with van der Waals surface area (Å²) in [5, 5.41) is 32.6. The molecule has 0 aromatic heterocycles. The number of ether oxygens (including phenoxy) is 1. The number of carbonyl (C=O) groups is 2. The molecule has 2 aromatic rings. The molecule has 0 heterocycles. The van der Waals surface area contributed by atoms with Crippen LogP contribution in [0.15, 0.2) is 36.4 Å². The minimum atomic E-state index is -1.49. The maximum Gasteiger partial charge on any atom is 0.141 e. The Labute approximate surface area is 150 Å².